The van der Waals surface area contributed by atoms with Crippen molar-refractivity contribution >= 4 is 21.6 Å². The van der Waals surface area contributed by atoms with E-state index in [-0.39, 0.29) is 16.1 Å². The Morgan fingerprint density at radius 1 is 1.47 bits per heavy atom. The molecule has 1 aromatic heterocycles. The van der Waals surface area contributed by atoms with Crippen molar-refractivity contribution < 1.29 is 8.42 Å². The molecule has 0 fully saturated rings. The molecule has 0 aromatic carbocycles. The molecule has 0 atom stereocenters. The molecule has 4 nitrogen and oxygen atoms in total. The Balaban J connectivity index is 3.24. The Kier molecular flexibility index (Phi) is 3.70. The first-order valence-corrected chi connectivity index (χ1v) is 6.27. The van der Waals surface area contributed by atoms with E-state index in [0.717, 1.165) is 0 Å². The lowest BCUT2D eigenvalue weighted by atomic mass is 10.4. The van der Waals surface area contributed by atoms with E-state index in [2.05, 4.69) is 4.98 Å². The second kappa shape index (κ2) is 4.47. The molecule has 1 heterocycles. The highest BCUT2D eigenvalue weighted by Crippen LogP contribution is 2.22. The molecule has 0 spiro atoms. The predicted octanol–water partition coefficient (Wildman–Crippen LogP) is 1.76. The molecule has 0 bridgehead atoms. The number of nitrogens with zero attached hydrogens (tertiary/aromatic N) is 2. The van der Waals surface area contributed by atoms with Gasteiger partial charge in [-0.05, 0) is 26.0 Å². The van der Waals surface area contributed by atoms with Crippen LogP contribution in [-0.2, 0) is 10.0 Å². The zero-order valence-electron chi connectivity index (χ0n) is 8.81. The van der Waals surface area contributed by atoms with Crippen molar-refractivity contribution in [3.8, 4) is 0 Å². The lowest BCUT2D eigenvalue weighted by Gasteiger charge is -2.21. The number of halogens is 1. The maximum atomic E-state index is 12.0. The Labute approximate surface area is 94.9 Å². The van der Waals surface area contributed by atoms with Crippen LogP contribution in [0, 0.1) is 0 Å². The fourth-order valence-corrected chi connectivity index (χ4v) is 2.79. The van der Waals surface area contributed by atoms with Gasteiger partial charge in [-0.15, -0.1) is 0 Å². The summed E-state index contributed by atoms with van der Waals surface area (Å²) >= 11 is 5.74. The second-order valence-corrected chi connectivity index (χ2v) is 5.73. The van der Waals surface area contributed by atoms with Gasteiger partial charge in [0.15, 0.2) is 0 Å². The summed E-state index contributed by atoms with van der Waals surface area (Å²) in [7, 11) is -2.01. The molecule has 0 saturated carbocycles. The average molecular weight is 249 g/mol. The second-order valence-electron chi connectivity index (χ2n) is 3.41. The molecule has 0 N–H and O–H groups in total. The molecule has 1 aromatic rings. The third-order valence-corrected chi connectivity index (χ3v) is 4.59. The number of hydrogen-bond donors (Lipinski definition) is 0. The molecule has 0 radical (unpaired) electrons. The van der Waals surface area contributed by atoms with E-state index in [9.17, 15) is 8.42 Å². The van der Waals surface area contributed by atoms with Crippen molar-refractivity contribution in [1.29, 1.82) is 0 Å². The van der Waals surface area contributed by atoms with Gasteiger partial charge in [0.05, 0.1) is 0 Å². The first kappa shape index (κ1) is 12.4. The SMILES string of the molecule is CC(C)N(C)S(=O)(=O)c1cccnc1Cl. The fraction of sp³-hybridized carbons (Fsp3) is 0.444. The molecule has 0 unspecified atom stereocenters. The normalized spacial score (nSPS) is 12.4. The van der Waals surface area contributed by atoms with Crippen LogP contribution in [0.4, 0.5) is 0 Å². The van der Waals surface area contributed by atoms with Crippen molar-refractivity contribution in [2.45, 2.75) is 24.8 Å². The summed E-state index contributed by atoms with van der Waals surface area (Å²) in [6.07, 6.45) is 1.46. The summed E-state index contributed by atoms with van der Waals surface area (Å²) in [5.41, 5.74) is 0. The van der Waals surface area contributed by atoms with Gasteiger partial charge < -0.3 is 0 Å². The summed E-state index contributed by atoms with van der Waals surface area (Å²) in [4.78, 5) is 3.79. The Hall–Kier alpha value is -0.650. The smallest absolute Gasteiger partial charge is 0.243 e. The average Bonchev–Trinajstić information content (AvgIpc) is 2.16. The van der Waals surface area contributed by atoms with E-state index in [4.69, 9.17) is 11.6 Å². The number of sulfonamides is 1. The third-order valence-electron chi connectivity index (χ3n) is 2.11. The van der Waals surface area contributed by atoms with Gasteiger partial charge in [0.25, 0.3) is 0 Å². The molecule has 6 heteroatoms. The van der Waals surface area contributed by atoms with Gasteiger partial charge in [-0.3, -0.25) is 0 Å². The monoisotopic (exact) mass is 248 g/mol. The zero-order valence-corrected chi connectivity index (χ0v) is 10.4. The van der Waals surface area contributed by atoms with Crippen molar-refractivity contribution in [2.24, 2.45) is 0 Å². The molecule has 0 aliphatic rings. The standard InChI is InChI=1S/C9H13ClN2O2S/c1-7(2)12(3)15(13,14)8-5-4-6-11-9(8)10/h4-7H,1-3H3. The zero-order chi connectivity index (χ0) is 11.6. The maximum Gasteiger partial charge on any atom is 0.246 e. The van der Waals surface area contributed by atoms with Gasteiger partial charge in [0.2, 0.25) is 10.0 Å². The number of aromatic nitrogens is 1. The van der Waals surface area contributed by atoms with Crippen molar-refractivity contribution in [2.75, 3.05) is 7.05 Å². The Bertz CT molecular complexity index is 445. The van der Waals surface area contributed by atoms with Crippen LogP contribution in [0.3, 0.4) is 0 Å². The summed E-state index contributed by atoms with van der Waals surface area (Å²) in [5.74, 6) is 0. The van der Waals surface area contributed by atoms with Gasteiger partial charge in [-0.25, -0.2) is 13.4 Å². The minimum absolute atomic E-state index is 0.00463. The summed E-state index contributed by atoms with van der Waals surface area (Å²) in [6.45, 7) is 3.59. The molecule has 1 rings (SSSR count). The number of rotatable bonds is 3. The van der Waals surface area contributed by atoms with E-state index >= 15 is 0 Å². The van der Waals surface area contributed by atoms with Gasteiger partial charge in [-0.2, -0.15) is 4.31 Å². The fourth-order valence-electron chi connectivity index (χ4n) is 0.996. The van der Waals surface area contributed by atoms with Crippen molar-refractivity contribution in [1.82, 2.24) is 9.29 Å². The minimum atomic E-state index is -3.53. The molecular formula is C9H13ClN2O2S. The Morgan fingerprint density at radius 3 is 2.53 bits per heavy atom. The van der Waals surface area contributed by atoms with Crippen LogP contribution in [0.5, 0.6) is 0 Å². The van der Waals surface area contributed by atoms with E-state index in [1.54, 1.807) is 19.9 Å². The molecule has 0 saturated heterocycles. The molecule has 0 aliphatic carbocycles. The highest BCUT2D eigenvalue weighted by atomic mass is 35.5. The molecular weight excluding hydrogens is 236 g/mol. The van der Waals surface area contributed by atoms with Gasteiger partial charge in [-0.1, -0.05) is 11.6 Å². The lowest BCUT2D eigenvalue weighted by Crippen LogP contribution is -2.33. The molecule has 84 valence electrons. The van der Waals surface area contributed by atoms with Crippen LogP contribution >= 0.6 is 11.6 Å². The third kappa shape index (κ3) is 2.48. The predicted molar refractivity (Wildman–Crippen MR) is 59.3 cm³/mol. The summed E-state index contributed by atoms with van der Waals surface area (Å²) in [6, 6.07) is 2.88. The van der Waals surface area contributed by atoms with Crippen LogP contribution in [0.1, 0.15) is 13.8 Å². The topological polar surface area (TPSA) is 50.3 Å². The van der Waals surface area contributed by atoms with E-state index in [0.29, 0.717) is 0 Å². The van der Waals surface area contributed by atoms with Crippen LogP contribution < -0.4 is 0 Å². The first-order chi connectivity index (χ1) is 6.87. The molecule has 0 amide bonds. The lowest BCUT2D eigenvalue weighted by molar-refractivity contribution is 0.410. The van der Waals surface area contributed by atoms with E-state index < -0.39 is 10.0 Å². The highest BCUT2D eigenvalue weighted by molar-refractivity contribution is 7.89. The van der Waals surface area contributed by atoms with E-state index in [1.165, 1.54) is 23.6 Å². The molecule has 15 heavy (non-hydrogen) atoms. The van der Waals surface area contributed by atoms with Crippen LogP contribution in [0.2, 0.25) is 5.15 Å². The van der Waals surface area contributed by atoms with Crippen molar-refractivity contribution in [3.63, 3.8) is 0 Å². The molecule has 0 aliphatic heterocycles. The number of pyridine rings is 1. The summed E-state index contributed by atoms with van der Waals surface area (Å²) < 4.78 is 25.3. The van der Waals surface area contributed by atoms with E-state index in [1.807, 2.05) is 0 Å². The highest BCUT2D eigenvalue weighted by Gasteiger charge is 2.25. The van der Waals surface area contributed by atoms with Crippen LogP contribution in [0.15, 0.2) is 23.2 Å². The van der Waals surface area contributed by atoms with Crippen LogP contribution in [-0.4, -0.2) is 30.8 Å². The Morgan fingerprint density at radius 2 is 2.07 bits per heavy atom. The first-order valence-electron chi connectivity index (χ1n) is 4.46. The van der Waals surface area contributed by atoms with Crippen molar-refractivity contribution in [3.05, 3.63) is 23.5 Å². The van der Waals surface area contributed by atoms with Gasteiger partial charge in [0, 0.05) is 19.3 Å². The quantitative estimate of drug-likeness (QED) is 0.766. The van der Waals surface area contributed by atoms with Gasteiger partial charge >= 0.3 is 0 Å². The van der Waals surface area contributed by atoms with Crippen LogP contribution in [0.25, 0.3) is 0 Å². The maximum absolute atomic E-state index is 12.0. The largest absolute Gasteiger partial charge is 0.246 e. The number of hydrogen-bond acceptors (Lipinski definition) is 3. The summed E-state index contributed by atoms with van der Waals surface area (Å²) in [5, 5.41) is 0.00463. The van der Waals surface area contributed by atoms with Gasteiger partial charge in [0.1, 0.15) is 10.0 Å². The minimum Gasteiger partial charge on any atom is -0.243 e.